The van der Waals surface area contributed by atoms with E-state index in [9.17, 15) is 28.9 Å². The van der Waals surface area contributed by atoms with Crippen molar-refractivity contribution in [1.82, 2.24) is 0 Å². The molecule has 0 spiro atoms. The Hall–Kier alpha value is -2.82. The largest absolute Gasteiger partial charge is 0.472 e. The maximum absolute atomic E-state index is 12.9. The van der Waals surface area contributed by atoms with Gasteiger partial charge >= 0.3 is 25.7 Å². The molecule has 68 heavy (non-hydrogen) atoms. The first-order valence-corrected chi connectivity index (χ1v) is 28.7. The van der Waals surface area contributed by atoms with Crippen molar-refractivity contribution in [2.24, 2.45) is 0 Å². The highest BCUT2D eigenvalue weighted by atomic mass is 31.2. The number of carbonyl (C=O) groups excluding carboxylic acids is 3. The molecule has 0 bridgehead atoms. The van der Waals surface area contributed by atoms with E-state index < -0.39 is 57.8 Å². The van der Waals surface area contributed by atoms with Crippen molar-refractivity contribution in [3.8, 4) is 0 Å². The van der Waals surface area contributed by atoms with Crippen LogP contribution in [0.3, 0.4) is 0 Å². The Morgan fingerprint density at radius 2 is 0.735 bits per heavy atom. The second-order valence-electron chi connectivity index (χ2n) is 18.0. The molecule has 11 nitrogen and oxygen atoms in total. The summed E-state index contributed by atoms with van der Waals surface area (Å²) in [7, 11) is -4.75. The van der Waals surface area contributed by atoms with E-state index in [0.717, 1.165) is 128 Å². The molecule has 0 fully saturated rings. The van der Waals surface area contributed by atoms with Crippen LogP contribution in [0.15, 0.2) is 60.8 Å². The molecule has 394 valence electrons. The lowest BCUT2D eigenvalue weighted by Crippen LogP contribution is -2.30. The van der Waals surface area contributed by atoms with Gasteiger partial charge in [-0.05, 0) is 103 Å². The summed E-state index contributed by atoms with van der Waals surface area (Å²) in [6.07, 6.45) is 53.2. The molecule has 0 radical (unpaired) electrons. The van der Waals surface area contributed by atoms with Gasteiger partial charge in [-0.3, -0.25) is 23.4 Å². The quantitative estimate of drug-likeness (QED) is 0.0197. The van der Waals surface area contributed by atoms with E-state index in [1.54, 1.807) is 0 Å². The monoisotopic (exact) mass is 979 g/mol. The van der Waals surface area contributed by atoms with Crippen molar-refractivity contribution in [2.45, 2.75) is 251 Å². The van der Waals surface area contributed by atoms with E-state index in [2.05, 4.69) is 81.5 Å². The van der Waals surface area contributed by atoms with E-state index in [1.807, 2.05) is 0 Å². The summed E-state index contributed by atoms with van der Waals surface area (Å²) in [4.78, 5) is 48.3. The minimum absolute atomic E-state index is 0.148. The number of hydrogen-bond acceptors (Lipinski definition) is 10. The number of phosphoric ester groups is 1. The lowest BCUT2D eigenvalue weighted by molar-refractivity contribution is -0.161. The number of phosphoric acid groups is 1. The number of hydrogen-bond donors (Lipinski definition) is 2. The van der Waals surface area contributed by atoms with Gasteiger partial charge in [0.1, 0.15) is 12.7 Å². The highest BCUT2D eigenvalue weighted by Gasteiger charge is 2.28. The number of carbonyl (C=O) groups is 3. The van der Waals surface area contributed by atoms with Gasteiger partial charge in [0.05, 0.1) is 19.8 Å². The summed E-state index contributed by atoms with van der Waals surface area (Å²) in [6.45, 7) is 4.51. The van der Waals surface area contributed by atoms with Crippen LogP contribution < -0.4 is 0 Å². The van der Waals surface area contributed by atoms with Crippen LogP contribution in [0.2, 0.25) is 0 Å². The first-order valence-electron chi connectivity index (χ1n) is 27.2. The normalized spacial score (nSPS) is 13.9. The first kappa shape index (κ1) is 65.2. The molecule has 0 saturated heterocycles. The Labute approximate surface area is 415 Å². The summed E-state index contributed by atoms with van der Waals surface area (Å²) in [5.74, 6) is -1.50. The van der Waals surface area contributed by atoms with E-state index in [1.165, 1.54) is 51.4 Å². The average Bonchev–Trinajstić information content (AvgIpc) is 3.32. The fourth-order valence-corrected chi connectivity index (χ4v) is 7.94. The molecule has 0 aliphatic carbocycles. The number of aliphatic hydroxyl groups excluding tert-OH is 1. The summed E-state index contributed by atoms with van der Waals surface area (Å²) >= 11 is 0. The van der Waals surface area contributed by atoms with E-state index in [-0.39, 0.29) is 25.9 Å². The highest BCUT2D eigenvalue weighted by Crippen LogP contribution is 2.43. The van der Waals surface area contributed by atoms with Gasteiger partial charge in [-0.15, -0.1) is 0 Å². The third kappa shape index (κ3) is 48.2. The Morgan fingerprint density at radius 3 is 1.15 bits per heavy atom. The van der Waals surface area contributed by atoms with Crippen LogP contribution in [0.4, 0.5) is 0 Å². The fourth-order valence-electron chi connectivity index (χ4n) is 7.16. The second-order valence-corrected chi connectivity index (χ2v) is 19.5. The van der Waals surface area contributed by atoms with Crippen LogP contribution in [0.25, 0.3) is 0 Å². The Kier molecular flexibility index (Phi) is 48.5. The number of unbranched alkanes of at least 4 members (excludes halogenated alkanes) is 23. The molecule has 12 heteroatoms. The fraction of sp³-hybridized carbons (Fsp3) is 0.768. The smallest absolute Gasteiger partial charge is 0.462 e. The van der Waals surface area contributed by atoms with Gasteiger partial charge in [0, 0.05) is 19.3 Å². The molecule has 0 aromatic heterocycles. The SMILES string of the molecule is CCCC/C=C\CCCCCCCC(=O)OCC(COP(=O)(O)OCC(CO)OC(=O)CCCCCCC/C=C\C/C=C\CCCCC)OC(=O)CCCCCCC/C=C\C/C=C\CCCCC. The summed E-state index contributed by atoms with van der Waals surface area (Å²) < 4.78 is 39.4. The summed E-state index contributed by atoms with van der Waals surface area (Å²) in [5.41, 5.74) is 0. The van der Waals surface area contributed by atoms with Gasteiger partial charge in [-0.25, -0.2) is 4.57 Å². The zero-order chi connectivity index (χ0) is 49.9. The Balaban J connectivity index is 4.74. The van der Waals surface area contributed by atoms with Crippen molar-refractivity contribution in [1.29, 1.82) is 0 Å². The van der Waals surface area contributed by atoms with E-state index >= 15 is 0 Å². The highest BCUT2D eigenvalue weighted by molar-refractivity contribution is 7.47. The molecule has 3 unspecified atom stereocenters. The molecule has 0 heterocycles. The molecular formula is C56H99O11P. The van der Waals surface area contributed by atoms with Gasteiger partial charge in [0.25, 0.3) is 0 Å². The van der Waals surface area contributed by atoms with Crippen LogP contribution in [0.1, 0.15) is 239 Å². The van der Waals surface area contributed by atoms with Crippen LogP contribution in [-0.4, -0.2) is 66.5 Å². The zero-order valence-corrected chi connectivity index (χ0v) is 44.2. The second kappa shape index (κ2) is 50.6. The molecule has 0 saturated carbocycles. The van der Waals surface area contributed by atoms with Gasteiger partial charge in [0.2, 0.25) is 0 Å². The molecule has 0 aliphatic heterocycles. The molecular weight excluding hydrogens is 880 g/mol. The van der Waals surface area contributed by atoms with E-state index in [0.29, 0.717) is 19.3 Å². The van der Waals surface area contributed by atoms with Crippen molar-refractivity contribution in [3.05, 3.63) is 60.8 Å². The van der Waals surface area contributed by atoms with Crippen molar-refractivity contribution in [3.63, 3.8) is 0 Å². The lowest BCUT2D eigenvalue weighted by Gasteiger charge is -2.21. The Morgan fingerprint density at radius 1 is 0.412 bits per heavy atom. The number of aliphatic hydroxyl groups is 1. The molecule has 0 amide bonds. The first-order chi connectivity index (χ1) is 33.2. The third-order valence-corrected chi connectivity index (χ3v) is 12.3. The standard InChI is InChI=1S/C56H99O11P/c1-4-7-10-13-16-19-22-24-26-28-31-34-37-40-43-46-55(59)66-52(48-57)50-64-68(61,62)65-51-53(49-63-54(58)45-42-39-36-33-30-21-18-15-12-9-6-3)67-56(60)47-44-41-38-35-32-29-27-25-23-20-17-14-11-8-5-2/h15-20,24-27,52-53,57H,4-14,21-23,28-51H2,1-3H3,(H,61,62)/b18-15-,19-16-,20-17-,26-24-,27-25-. The maximum Gasteiger partial charge on any atom is 0.472 e. The number of rotatable bonds is 50. The van der Waals surface area contributed by atoms with Crippen molar-refractivity contribution < 1.29 is 52.2 Å². The van der Waals surface area contributed by atoms with Crippen LogP contribution in [0.5, 0.6) is 0 Å². The minimum atomic E-state index is -4.75. The summed E-state index contributed by atoms with van der Waals surface area (Å²) in [5, 5.41) is 9.79. The molecule has 0 aromatic carbocycles. The molecule has 2 N–H and O–H groups in total. The maximum atomic E-state index is 12.9. The van der Waals surface area contributed by atoms with Gasteiger partial charge in [-0.2, -0.15) is 0 Å². The van der Waals surface area contributed by atoms with Crippen molar-refractivity contribution in [2.75, 3.05) is 26.4 Å². The van der Waals surface area contributed by atoms with Gasteiger partial charge < -0.3 is 24.2 Å². The van der Waals surface area contributed by atoms with E-state index in [4.69, 9.17) is 23.3 Å². The predicted molar refractivity (Wildman–Crippen MR) is 279 cm³/mol. The molecule has 0 rings (SSSR count). The Bertz CT molecular complexity index is 1370. The number of ether oxygens (including phenoxy) is 3. The van der Waals surface area contributed by atoms with Gasteiger partial charge in [-0.1, -0.05) is 178 Å². The number of esters is 3. The van der Waals surface area contributed by atoms with Crippen LogP contribution in [-0.2, 0) is 42.2 Å². The van der Waals surface area contributed by atoms with Crippen LogP contribution >= 0.6 is 7.82 Å². The van der Waals surface area contributed by atoms with Gasteiger partial charge in [0.15, 0.2) is 6.10 Å². The molecule has 0 aromatic rings. The summed E-state index contributed by atoms with van der Waals surface area (Å²) in [6, 6.07) is 0. The third-order valence-electron chi connectivity index (χ3n) is 11.4. The average molecular weight is 979 g/mol. The number of allylic oxidation sites excluding steroid dienone is 10. The lowest BCUT2D eigenvalue weighted by atomic mass is 10.1. The minimum Gasteiger partial charge on any atom is -0.462 e. The zero-order valence-electron chi connectivity index (χ0n) is 43.3. The van der Waals surface area contributed by atoms with Crippen LogP contribution in [0, 0.1) is 0 Å². The molecule has 3 atom stereocenters. The molecule has 0 aliphatic rings. The predicted octanol–water partition coefficient (Wildman–Crippen LogP) is 15.6. The van der Waals surface area contributed by atoms with Crippen molar-refractivity contribution >= 4 is 25.7 Å². The topological polar surface area (TPSA) is 155 Å².